The van der Waals surface area contributed by atoms with E-state index in [1.807, 2.05) is 24.3 Å². The van der Waals surface area contributed by atoms with Gasteiger partial charge in [-0.2, -0.15) is 0 Å². The average molecular weight is 271 g/mol. The highest BCUT2D eigenvalue weighted by molar-refractivity contribution is 6.30. The van der Waals surface area contributed by atoms with Gasteiger partial charge in [0.2, 0.25) is 0 Å². The predicted octanol–water partition coefficient (Wildman–Crippen LogP) is 1.41. The second-order valence-electron chi connectivity index (χ2n) is 4.97. The second kappa shape index (κ2) is 6.41. The molecule has 1 aliphatic rings. The summed E-state index contributed by atoms with van der Waals surface area (Å²) in [6.07, 6.45) is 0.693. The number of nitrogens with one attached hydrogen (secondary N) is 1. The SMILES string of the molecule is C[C@H]1C[NH+](CCOc2ccc(Cl)cc2)C[C@H](C)O1. The van der Waals surface area contributed by atoms with Crippen molar-refractivity contribution < 1.29 is 14.4 Å². The maximum Gasteiger partial charge on any atom is 0.137 e. The van der Waals surface area contributed by atoms with E-state index < -0.39 is 0 Å². The Hall–Kier alpha value is -0.770. The van der Waals surface area contributed by atoms with Crippen LogP contribution in [-0.2, 0) is 4.74 Å². The molecule has 0 radical (unpaired) electrons. The lowest BCUT2D eigenvalue weighted by atomic mass is 10.2. The van der Waals surface area contributed by atoms with Crippen LogP contribution in [0.2, 0.25) is 5.02 Å². The molecule has 100 valence electrons. The van der Waals surface area contributed by atoms with Crippen molar-refractivity contribution in [3.8, 4) is 5.75 Å². The van der Waals surface area contributed by atoms with E-state index >= 15 is 0 Å². The third kappa shape index (κ3) is 4.16. The highest BCUT2D eigenvalue weighted by atomic mass is 35.5. The Morgan fingerprint density at radius 2 is 1.83 bits per heavy atom. The monoisotopic (exact) mass is 270 g/mol. The van der Waals surface area contributed by atoms with E-state index in [-0.39, 0.29) is 0 Å². The van der Waals surface area contributed by atoms with E-state index in [1.54, 1.807) is 4.90 Å². The van der Waals surface area contributed by atoms with E-state index in [4.69, 9.17) is 21.1 Å². The summed E-state index contributed by atoms with van der Waals surface area (Å²) < 4.78 is 11.4. The lowest BCUT2D eigenvalue weighted by molar-refractivity contribution is -0.915. The predicted molar refractivity (Wildman–Crippen MR) is 72.5 cm³/mol. The lowest BCUT2D eigenvalue weighted by Gasteiger charge is -2.32. The molecule has 0 unspecified atom stereocenters. The van der Waals surface area contributed by atoms with Gasteiger partial charge in [0.25, 0.3) is 0 Å². The van der Waals surface area contributed by atoms with E-state index in [2.05, 4.69) is 13.8 Å². The summed E-state index contributed by atoms with van der Waals surface area (Å²) in [7, 11) is 0. The van der Waals surface area contributed by atoms with Crippen LogP contribution in [0, 0.1) is 0 Å². The maximum absolute atomic E-state index is 5.83. The Balaban J connectivity index is 1.73. The van der Waals surface area contributed by atoms with E-state index in [0.717, 1.165) is 37.0 Å². The van der Waals surface area contributed by atoms with Crippen LogP contribution >= 0.6 is 11.6 Å². The van der Waals surface area contributed by atoms with Crippen molar-refractivity contribution in [3.63, 3.8) is 0 Å². The fourth-order valence-electron chi connectivity index (χ4n) is 2.44. The number of rotatable bonds is 4. The lowest BCUT2D eigenvalue weighted by Crippen LogP contribution is -3.16. The normalized spacial score (nSPS) is 28.1. The molecule has 2 atom stereocenters. The molecule has 1 N–H and O–H groups in total. The first-order chi connectivity index (χ1) is 8.63. The van der Waals surface area contributed by atoms with Crippen LogP contribution in [0.5, 0.6) is 5.75 Å². The summed E-state index contributed by atoms with van der Waals surface area (Å²) in [4.78, 5) is 1.55. The summed E-state index contributed by atoms with van der Waals surface area (Å²) in [5, 5.41) is 0.740. The second-order valence-corrected chi connectivity index (χ2v) is 5.40. The smallest absolute Gasteiger partial charge is 0.137 e. The van der Waals surface area contributed by atoms with Gasteiger partial charge in [-0.25, -0.2) is 0 Å². The van der Waals surface area contributed by atoms with Crippen molar-refractivity contribution in [3.05, 3.63) is 29.3 Å². The van der Waals surface area contributed by atoms with Crippen molar-refractivity contribution in [2.24, 2.45) is 0 Å². The van der Waals surface area contributed by atoms with Crippen LogP contribution in [0.4, 0.5) is 0 Å². The molecular formula is C14H21ClNO2+. The van der Waals surface area contributed by atoms with Crippen LogP contribution in [0.25, 0.3) is 0 Å². The third-order valence-corrected chi connectivity index (χ3v) is 3.41. The molecule has 18 heavy (non-hydrogen) atoms. The van der Waals surface area contributed by atoms with Gasteiger partial charge in [0.15, 0.2) is 0 Å². The van der Waals surface area contributed by atoms with Crippen LogP contribution in [0.1, 0.15) is 13.8 Å². The molecule has 1 heterocycles. The Labute approximate surface area is 114 Å². The van der Waals surface area contributed by atoms with E-state index in [9.17, 15) is 0 Å². The molecule has 3 nitrogen and oxygen atoms in total. The van der Waals surface area contributed by atoms with Crippen molar-refractivity contribution in [1.82, 2.24) is 0 Å². The Kier molecular flexibility index (Phi) is 4.87. The highest BCUT2D eigenvalue weighted by Crippen LogP contribution is 2.14. The first-order valence-electron chi connectivity index (χ1n) is 6.51. The van der Waals surface area contributed by atoms with Gasteiger partial charge in [0, 0.05) is 5.02 Å². The maximum atomic E-state index is 5.83. The van der Waals surface area contributed by atoms with Gasteiger partial charge in [0.05, 0.1) is 0 Å². The van der Waals surface area contributed by atoms with Crippen molar-refractivity contribution >= 4 is 11.6 Å². The Bertz CT molecular complexity index is 359. The summed E-state index contributed by atoms with van der Waals surface area (Å²) in [5.74, 6) is 0.883. The zero-order chi connectivity index (χ0) is 13.0. The third-order valence-electron chi connectivity index (χ3n) is 3.15. The minimum atomic E-state index is 0.347. The van der Waals surface area contributed by atoms with Crippen molar-refractivity contribution in [2.75, 3.05) is 26.2 Å². The van der Waals surface area contributed by atoms with Gasteiger partial charge in [0.1, 0.15) is 44.2 Å². The summed E-state index contributed by atoms with van der Waals surface area (Å²) >= 11 is 5.83. The number of quaternary nitrogens is 1. The van der Waals surface area contributed by atoms with Crippen LogP contribution < -0.4 is 9.64 Å². The molecule has 0 amide bonds. The largest absolute Gasteiger partial charge is 0.488 e. The fraction of sp³-hybridized carbons (Fsp3) is 0.571. The van der Waals surface area contributed by atoms with Gasteiger partial charge in [-0.3, -0.25) is 0 Å². The van der Waals surface area contributed by atoms with Gasteiger partial charge in [-0.05, 0) is 38.1 Å². The quantitative estimate of drug-likeness (QED) is 0.894. The summed E-state index contributed by atoms with van der Waals surface area (Å²) in [6, 6.07) is 7.51. The minimum absolute atomic E-state index is 0.347. The number of ether oxygens (including phenoxy) is 2. The molecule has 0 saturated carbocycles. The Morgan fingerprint density at radius 3 is 2.44 bits per heavy atom. The summed E-state index contributed by atoms with van der Waals surface area (Å²) in [5.41, 5.74) is 0. The number of morpholine rings is 1. The molecule has 1 saturated heterocycles. The number of benzene rings is 1. The minimum Gasteiger partial charge on any atom is -0.488 e. The van der Waals surface area contributed by atoms with Gasteiger partial charge in [-0.15, -0.1) is 0 Å². The number of hydrogen-bond acceptors (Lipinski definition) is 2. The number of hydrogen-bond donors (Lipinski definition) is 1. The average Bonchev–Trinajstić information content (AvgIpc) is 2.30. The molecule has 0 bridgehead atoms. The zero-order valence-corrected chi connectivity index (χ0v) is 11.7. The zero-order valence-electron chi connectivity index (χ0n) is 11.0. The van der Waals surface area contributed by atoms with Crippen LogP contribution in [-0.4, -0.2) is 38.4 Å². The van der Waals surface area contributed by atoms with E-state index in [1.165, 1.54) is 0 Å². The van der Waals surface area contributed by atoms with Crippen molar-refractivity contribution in [1.29, 1.82) is 0 Å². The first-order valence-corrected chi connectivity index (χ1v) is 6.88. The molecule has 1 aromatic rings. The molecular weight excluding hydrogens is 250 g/mol. The molecule has 2 rings (SSSR count). The standard InChI is InChI=1S/C14H20ClNO2/c1-11-9-16(10-12(2)18-11)7-8-17-14-5-3-13(15)4-6-14/h3-6,11-12H,7-10H2,1-2H3/p+1/t11-,12-/m0/s1. The molecule has 0 aliphatic carbocycles. The topological polar surface area (TPSA) is 22.9 Å². The molecule has 4 heteroatoms. The van der Waals surface area contributed by atoms with Crippen molar-refractivity contribution in [2.45, 2.75) is 26.1 Å². The van der Waals surface area contributed by atoms with Gasteiger partial charge in [-0.1, -0.05) is 11.6 Å². The van der Waals surface area contributed by atoms with E-state index in [0.29, 0.717) is 12.2 Å². The summed E-state index contributed by atoms with van der Waals surface area (Å²) in [6.45, 7) is 8.14. The number of halogens is 1. The Morgan fingerprint density at radius 1 is 1.22 bits per heavy atom. The molecule has 1 fully saturated rings. The van der Waals surface area contributed by atoms with Crippen LogP contribution in [0.3, 0.4) is 0 Å². The molecule has 1 aliphatic heterocycles. The molecule has 1 aromatic carbocycles. The van der Waals surface area contributed by atoms with Gasteiger partial charge < -0.3 is 14.4 Å². The fourth-order valence-corrected chi connectivity index (χ4v) is 2.56. The first kappa shape index (κ1) is 13.7. The highest BCUT2D eigenvalue weighted by Gasteiger charge is 2.25. The van der Waals surface area contributed by atoms with Crippen LogP contribution in [0.15, 0.2) is 24.3 Å². The molecule has 0 spiro atoms. The van der Waals surface area contributed by atoms with Gasteiger partial charge >= 0.3 is 0 Å². The molecule has 0 aromatic heterocycles.